The van der Waals surface area contributed by atoms with Gasteiger partial charge in [-0.1, -0.05) is 25.4 Å². The molecule has 0 aliphatic carbocycles. The Morgan fingerprint density at radius 2 is 2.17 bits per heavy atom. The summed E-state index contributed by atoms with van der Waals surface area (Å²) in [5.74, 6) is 0.0770. The van der Waals surface area contributed by atoms with Crippen molar-refractivity contribution < 1.29 is 9.53 Å². The smallest absolute Gasteiger partial charge is 0.328 e. The summed E-state index contributed by atoms with van der Waals surface area (Å²) in [7, 11) is 1.38. The van der Waals surface area contributed by atoms with Gasteiger partial charge in [0.15, 0.2) is 0 Å². The van der Waals surface area contributed by atoms with Crippen LogP contribution in [0.3, 0.4) is 0 Å². The first-order valence-corrected chi connectivity index (χ1v) is 6.21. The average Bonchev–Trinajstić information content (AvgIpc) is 2.30. The average molecular weight is 271 g/mol. The van der Waals surface area contributed by atoms with E-state index in [9.17, 15) is 4.79 Å². The lowest BCUT2D eigenvalue weighted by Crippen LogP contribution is -2.32. The predicted molar refractivity (Wildman–Crippen MR) is 74.7 cm³/mol. The number of methoxy groups -OCH3 is 1. The first-order valence-electron chi connectivity index (χ1n) is 5.83. The van der Waals surface area contributed by atoms with Gasteiger partial charge in [-0.15, -0.1) is 0 Å². The van der Waals surface area contributed by atoms with E-state index in [0.29, 0.717) is 28.7 Å². The molecule has 0 radical (unpaired) electrons. The van der Waals surface area contributed by atoms with E-state index in [4.69, 9.17) is 22.1 Å². The van der Waals surface area contributed by atoms with Crippen molar-refractivity contribution in [1.29, 1.82) is 0 Å². The molecular formula is C13H19ClN2O2. The lowest BCUT2D eigenvalue weighted by atomic mass is 10.0. The highest BCUT2D eigenvalue weighted by Crippen LogP contribution is 2.24. The van der Waals surface area contributed by atoms with Crippen LogP contribution in [0.25, 0.3) is 0 Å². The minimum absolute atomic E-state index is 0.293. The van der Waals surface area contributed by atoms with Crippen molar-refractivity contribution in [1.82, 2.24) is 0 Å². The van der Waals surface area contributed by atoms with Crippen LogP contribution in [0.4, 0.5) is 11.4 Å². The number of nitrogen functional groups attached to an aromatic ring is 1. The quantitative estimate of drug-likeness (QED) is 0.638. The molecule has 0 aromatic heterocycles. The van der Waals surface area contributed by atoms with Gasteiger partial charge >= 0.3 is 5.97 Å². The minimum atomic E-state index is -0.404. The van der Waals surface area contributed by atoms with E-state index in [-0.39, 0.29) is 5.97 Å². The van der Waals surface area contributed by atoms with Gasteiger partial charge in [-0.05, 0) is 30.5 Å². The van der Waals surface area contributed by atoms with Gasteiger partial charge in [-0.2, -0.15) is 0 Å². The molecule has 4 nitrogen and oxygen atoms in total. The third kappa shape index (κ3) is 4.11. The van der Waals surface area contributed by atoms with Crippen LogP contribution in [-0.2, 0) is 9.53 Å². The normalized spacial score (nSPS) is 12.3. The number of hydrogen-bond donors (Lipinski definition) is 2. The third-order valence-electron chi connectivity index (χ3n) is 2.54. The highest BCUT2D eigenvalue weighted by Gasteiger charge is 2.20. The standard InChI is InChI=1S/C13H19ClN2O2/c1-8(2)6-12(13(17)18-3)16-11-5-4-9(14)7-10(11)15/h4-5,7-8,12,16H,6,15H2,1-3H3. The zero-order valence-corrected chi connectivity index (χ0v) is 11.6. The Hall–Kier alpha value is -1.42. The van der Waals surface area contributed by atoms with E-state index in [1.807, 2.05) is 13.8 Å². The summed E-state index contributed by atoms with van der Waals surface area (Å²) in [5, 5.41) is 3.66. The second kappa shape index (κ2) is 6.50. The van der Waals surface area contributed by atoms with Crippen LogP contribution in [0, 0.1) is 5.92 Å². The number of benzene rings is 1. The molecule has 3 N–H and O–H groups in total. The minimum Gasteiger partial charge on any atom is -0.467 e. The summed E-state index contributed by atoms with van der Waals surface area (Å²) in [6.07, 6.45) is 0.675. The number of rotatable bonds is 5. The Labute approximate surface area is 112 Å². The second-order valence-corrected chi connectivity index (χ2v) is 5.02. The van der Waals surface area contributed by atoms with Crippen LogP contribution >= 0.6 is 11.6 Å². The van der Waals surface area contributed by atoms with Crippen LogP contribution in [0.5, 0.6) is 0 Å². The van der Waals surface area contributed by atoms with Crippen molar-refractivity contribution in [3.8, 4) is 0 Å². The molecule has 0 spiro atoms. The van der Waals surface area contributed by atoms with E-state index >= 15 is 0 Å². The van der Waals surface area contributed by atoms with Crippen LogP contribution in [-0.4, -0.2) is 19.1 Å². The highest BCUT2D eigenvalue weighted by atomic mass is 35.5. The van der Waals surface area contributed by atoms with Crippen molar-refractivity contribution in [3.05, 3.63) is 23.2 Å². The SMILES string of the molecule is COC(=O)C(CC(C)C)Nc1ccc(Cl)cc1N. The molecule has 1 aromatic rings. The summed E-state index contributed by atoms with van der Waals surface area (Å²) < 4.78 is 4.78. The van der Waals surface area contributed by atoms with Crippen molar-refractivity contribution in [2.75, 3.05) is 18.2 Å². The zero-order valence-electron chi connectivity index (χ0n) is 10.9. The maximum absolute atomic E-state index is 11.7. The Balaban J connectivity index is 2.85. The number of hydrogen-bond acceptors (Lipinski definition) is 4. The van der Waals surface area contributed by atoms with Crippen LogP contribution in [0.15, 0.2) is 18.2 Å². The molecule has 0 bridgehead atoms. The van der Waals surface area contributed by atoms with Gasteiger partial charge in [0.2, 0.25) is 0 Å². The van der Waals surface area contributed by atoms with E-state index < -0.39 is 6.04 Å². The number of ether oxygens (including phenoxy) is 1. The molecule has 0 amide bonds. The second-order valence-electron chi connectivity index (χ2n) is 4.58. The van der Waals surface area contributed by atoms with Gasteiger partial charge in [-0.3, -0.25) is 0 Å². The molecule has 0 aliphatic heterocycles. The molecule has 1 aromatic carbocycles. The van der Waals surface area contributed by atoms with Crippen molar-refractivity contribution in [2.24, 2.45) is 5.92 Å². The zero-order chi connectivity index (χ0) is 13.7. The Morgan fingerprint density at radius 1 is 1.50 bits per heavy atom. The van der Waals surface area contributed by atoms with Gasteiger partial charge in [0.05, 0.1) is 18.5 Å². The monoisotopic (exact) mass is 270 g/mol. The summed E-state index contributed by atoms with van der Waals surface area (Å²) in [5.41, 5.74) is 7.05. The van der Waals surface area contributed by atoms with Gasteiger partial charge in [0.25, 0.3) is 0 Å². The first-order chi connectivity index (χ1) is 8.43. The fraction of sp³-hybridized carbons (Fsp3) is 0.462. The molecule has 18 heavy (non-hydrogen) atoms. The summed E-state index contributed by atoms with van der Waals surface area (Å²) in [6, 6.07) is 4.73. The summed E-state index contributed by atoms with van der Waals surface area (Å²) >= 11 is 5.83. The molecule has 0 aliphatic rings. The maximum atomic E-state index is 11.7. The molecule has 0 saturated carbocycles. The van der Waals surface area contributed by atoms with Crippen LogP contribution < -0.4 is 11.1 Å². The van der Waals surface area contributed by atoms with Gasteiger partial charge < -0.3 is 15.8 Å². The number of carbonyl (C=O) groups is 1. The number of anilines is 2. The number of nitrogens with two attached hydrogens (primary N) is 1. The number of carbonyl (C=O) groups excluding carboxylic acids is 1. The molecule has 100 valence electrons. The van der Waals surface area contributed by atoms with E-state index in [0.717, 1.165) is 0 Å². The summed E-state index contributed by atoms with van der Waals surface area (Å²) in [4.78, 5) is 11.7. The lowest BCUT2D eigenvalue weighted by Gasteiger charge is -2.20. The van der Waals surface area contributed by atoms with E-state index in [2.05, 4.69) is 5.32 Å². The van der Waals surface area contributed by atoms with Crippen LogP contribution in [0.2, 0.25) is 5.02 Å². The van der Waals surface area contributed by atoms with Crippen molar-refractivity contribution >= 4 is 28.9 Å². The molecule has 0 saturated heterocycles. The molecule has 1 rings (SSSR count). The summed E-state index contributed by atoms with van der Waals surface area (Å²) in [6.45, 7) is 4.09. The molecule has 0 heterocycles. The molecular weight excluding hydrogens is 252 g/mol. The highest BCUT2D eigenvalue weighted by molar-refractivity contribution is 6.31. The maximum Gasteiger partial charge on any atom is 0.328 e. The Bertz CT molecular complexity index is 421. The molecule has 1 unspecified atom stereocenters. The van der Waals surface area contributed by atoms with Crippen molar-refractivity contribution in [2.45, 2.75) is 26.3 Å². The third-order valence-corrected chi connectivity index (χ3v) is 2.77. The van der Waals surface area contributed by atoms with Gasteiger partial charge in [-0.25, -0.2) is 4.79 Å². The fourth-order valence-corrected chi connectivity index (χ4v) is 1.86. The van der Waals surface area contributed by atoms with Crippen molar-refractivity contribution in [3.63, 3.8) is 0 Å². The number of esters is 1. The molecule has 5 heteroatoms. The topological polar surface area (TPSA) is 64.3 Å². The largest absolute Gasteiger partial charge is 0.467 e. The Morgan fingerprint density at radius 3 is 2.67 bits per heavy atom. The predicted octanol–water partition coefficient (Wildman–Crippen LogP) is 2.92. The number of nitrogens with one attached hydrogen (secondary N) is 1. The van der Waals surface area contributed by atoms with E-state index in [1.54, 1.807) is 18.2 Å². The van der Waals surface area contributed by atoms with E-state index in [1.165, 1.54) is 7.11 Å². The molecule has 1 atom stereocenters. The fourth-order valence-electron chi connectivity index (χ4n) is 1.68. The molecule has 0 fully saturated rings. The first kappa shape index (κ1) is 14.6. The van der Waals surface area contributed by atoms with Gasteiger partial charge in [0.1, 0.15) is 6.04 Å². The van der Waals surface area contributed by atoms with Crippen LogP contribution in [0.1, 0.15) is 20.3 Å². The lowest BCUT2D eigenvalue weighted by molar-refractivity contribution is -0.141. The number of halogens is 1. The Kier molecular flexibility index (Phi) is 5.28. The van der Waals surface area contributed by atoms with Gasteiger partial charge in [0, 0.05) is 5.02 Å².